The molecule has 4 nitrogen and oxygen atoms in total. The maximum atomic E-state index is 11.8. The van der Waals surface area contributed by atoms with E-state index >= 15 is 0 Å². The maximum absolute atomic E-state index is 11.8. The number of amides is 1. The molecule has 19 heavy (non-hydrogen) atoms. The Hall–Kier alpha value is -1.84. The fourth-order valence-electron chi connectivity index (χ4n) is 1.98. The molecule has 1 aliphatic rings. The lowest BCUT2D eigenvalue weighted by atomic mass is 9.85. The molecule has 0 atom stereocenters. The quantitative estimate of drug-likeness (QED) is 0.829. The van der Waals surface area contributed by atoms with E-state index in [0.29, 0.717) is 13.0 Å². The Bertz CT molecular complexity index is 449. The van der Waals surface area contributed by atoms with E-state index in [9.17, 15) is 9.59 Å². The first kappa shape index (κ1) is 13.6. The lowest BCUT2D eigenvalue weighted by Crippen LogP contribution is -2.27. The lowest BCUT2D eigenvalue weighted by molar-refractivity contribution is -0.140. The van der Waals surface area contributed by atoms with Crippen LogP contribution < -0.4 is 5.32 Å². The summed E-state index contributed by atoms with van der Waals surface area (Å²) in [5, 5.41) is 2.92. The summed E-state index contributed by atoms with van der Waals surface area (Å²) in [5.41, 5.74) is 1.91. The number of anilines is 1. The summed E-state index contributed by atoms with van der Waals surface area (Å²) in [7, 11) is 0. The molecule has 1 fully saturated rings. The molecule has 0 aliphatic heterocycles. The highest BCUT2D eigenvalue weighted by molar-refractivity contribution is 5.92. The molecule has 0 heterocycles. The van der Waals surface area contributed by atoms with Crippen LogP contribution in [-0.2, 0) is 20.7 Å². The van der Waals surface area contributed by atoms with E-state index in [1.54, 1.807) is 0 Å². The number of carbonyl (C=O) groups excluding carboxylic acids is 2. The van der Waals surface area contributed by atoms with Crippen LogP contribution in [0.5, 0.6) is 0 Å². The van der Waals surface area contributed by atoms with Gasteiger partial charge >= 0.3 is 5.97 Å². The molecule has 0 aromatic heterocycles. The number of esters is 1. The highest BCUT2D eigenvalue weighted by Crippen LogP contribution is 2.27. The normalized spacial score (nSPS) is 14.6. The van der Waals surface area contributed by atoms with Crippen LogP contribution in [0, 0.1) is 5.92 Å². The van der Waals surface area contributed by atoms with Gasteiger partial charge in [0.1, 0.15) is 0 Å². The zero-order valence-corrected chi connectivity index (χ0v) is 11.1. The second kappa shape index (κ2) is 6.36. The van der Waals surface area contributed by atoms with E-state index in [4.69, 9.17) is 4.74 Å². The van der Waals surface area contributed by atoms with Gasteiger partial charge in [0.15, 0.2) is 0 Å². The SMILES string of the molecule is CC(=O)OCCc1ccc(NC(=O)C2CCC2)cc1. The Balaban J connectivity index is 1.80. The van der Waals surface area contributed by atoms with Crippen molar-refractivity contribution in [3.63, 3.8) is 0 Å². The first-order valence-electron chi connectivity index (χ1n) is 6.68. The third-order valence-electron chi connectivity index (χ3n) is 3.39. The van der Waals surface area contributed by atoms with Crippen molar-refractivity contribution in [2.24, 2.45) is 5.92 Å². The predicted molar refractivity (Wildman–Crippen MR) is 72.7 cm³/mol. The number of hydrogen-bond acceptors (Lipinski definition) is 3. The van der Waals surface area contributed by atoms with Crippen LogP contribution in [0.1, 0.15) is 31.7 Å². The molecule has 1 N–H and O–H groups in total. The maximum Gasteiger partial charge on any atom is 0.302 e. The zero-order valence-electron chi connectivity index (χ0n) is 11.1. The minimum Gasteiger partial charge on any atom is -0.466 e. The van der Waals surface area contributed by atoms with Crippen molar-refractivity contribution < 1.29 is 14.3 Å². The second-order valence-corrected chi connectivity index (χ2v) is 4.90. The summed E-state index contributed by atoms with van der Waals surface area (Å²) in [6.07, 6.45) is 3.86. The summed E-state index contributed by atoms with van der Waals surface area (Å²) in [4.78, 5) is 22.4. The van der Waals surface area contributed by atoms with E-state index in [1.165, 1.54) is 6.92 Å². The first-order chi connectivity index (χ1) is 9.15. The van der Waals surface area contributed by atoms with Crippen LogP contribution in [0.15, 0.2) is 24.3 Å². The molecule has 1 saturated carbocycles. The second-order valence-electron chi connectivity index (χ2n) is 4.90. The smallest absolute Gasteiger partial charge is 0.302 e. The van der Waals surface area contributed by atoms with Crippen LogP contribution in [0.4, 0.5) is 5.69 Å². The number of carbonyl (C=O) groups is 2. The van der Waals surface area contributed by atoms with Crippen molar-refractivity contribution in [2.75, 3.05) is 11.9 Å². The molecule has 0 unspecified atom stereocenters. The highest BCUT2D eigenvalue weighted by atomic mass is 16.5. The van der Waals surface area contributed by atoms with Crippen LogP contribution >= 0.6 is 0 Å². The Morgan fingerprint density at radius 3 is 2.47 bits per heavy atom. The van der Waals surface area contributed by atoms with E-state index in [1.807, 2.05) is 24.3 Å². The number of hydrogen-bond donors (Lipinski definition) is 1. The fraction of sp³-hybridized carbons (Fsp3) is 0.467. The Morgan fingerprint density at radius 2 is 1.95 bits per heavy atom. The average Bonchev–Trinajstić information content (AvgIpc) is 2.28. The monoisotopic (exact) mass is 261 g/mol. The largest absolute Gasteiger partial charge is 0.466 e. The van der Waals surface area contributed by atoms with Gasteiger partial charge in [0.25, 0.3) is 0 Å². The Labute approximate surface area is 113 Å². The molecule has 2 rings (SSSR count). The van der Waals surface area contributed by atoms with Gasteiger partial charge in [-0.05, 0) is 30.5 Å². The average molecular weight is 261 g/mol. The van der Waals surface area contributed by atoms with Crippen molar-refractivity contribution in [3.8, 4) is 0 Å². The molecule has 0 bridgehead atoms. The number of benzene rings is 1. The first-order valence-corrected chi connectivity index (χ1v) is 6.68. The van der Waals surface area contributed by atoms with Gasteiger partial charge in [0.2, 0.25) is 5.91 Å². The Kier molecular flexibility index (Phi) is 4.55. The molecule has 4 heteroatoms. The lowest BCUT2D eigenvalue weighted by Gasteiger charge is -2.24. The van der Waals surface area contributed by atoms with Crippen LogP contribution in [-0.4, -0.2) is 18.5 Å². The topological polar surface area (TPSA) is 55.4 Å². The van der Waals surface area contributed by atoms with E-state index in [0.717, 1.165) is 30.5 Å². The van der Waals surface area contributed by atoms with Crippen molar-refractivity contribution in [1.82, 2.24) is 0 Å². The van der Waals surface area contributed by atoms with Gasteiger partial charge in [-0.25, -0.2) is 0 Å². The van der Waals surface area contributed by atoms with Crippen molar-refractivity contribution in [2.45, 2.75) is 32.6 Å². The van der Waals surface area contributed by atoms with E-state index in [-0.39, 0.29) is 17.8 Å². The van der Waals surface area contributed by atoms with Crippen LogP contribution in [0.2, 0.25) is 0 Å². The van der Waals surface area contributed by atoms with E-state index < -0.39 is 0 Å². The van der Waals surface area contributed by atoms with Gasteiger partial charge in [-0.15, -0.1) is 0 Å². The van der Waals surface area contributed by atoms with Crippen molar-refractivity contribution in [1.29, 1.82) is 0 Å². The minimum absolute atomic E-state index is 0.124. The molecule has 0 saturated heterocycles. The molecule has 0 radical (unpaired) electrons. The molecule has 1 amide bonds. The molecule has 1 aromatic rings. The highest BCUT2D eigenvalue weighted by Gasteiger charge is 2.24. The van der Waals surface area contributed by atoms with Gasteiger partial charge < -0.3 is 10.1 Å². The molecule has 102 valence electrons. The summed E-state index contributed by atoms with van der Waals surface area (Å²) in [6, 6.07) is 7.67. The van der Waals surface area contributed by atoms with Crippen molar-refractivity contribution >= 4 is 17.6 Å². The summed E-state index contributed by atoms with van der Waals surface area (Å²) < 4.78 is 4.89. The third kappa shape index (κ3) is 4.09. The van der Waals surface area contributed by atoms with Gasteiger partial charge in [-0.3, -0.25) is 9.59 Å². The number of ether oxygens (including phenoxy) is 1. The molecule has 1 aliphatic carbocycles. The summed E-state index contributed by atoms with van der Waals surface area (Å²) in [6.45, 7) is 1.79. The van der Waals surface area contributed by atoms with Gasteiger partial charge in [-0.1, -0.05) is 18.6 Å². The zero-order chi connectivity index (χ0) is 13.7. The predicted octanol–water partition coefficient (Wildman–Crippen LogP) is 2.53. The molecule has 0 spiro atoms. The Morgan fingerprint density at radius 1 is 1.26 bits per heavy atom. The van der Waals surface area contributed by atoms with Crippen LogP contribution in [0.3, 0.4) is 0 Å². The number of rotatable bonds is 5. The van der Waals surface area contributed by atoms with Crippen molar-refractivity contribution in [3.05, 3.63) is 29.8 Å². The fourth-order valence-corrected chi connectivity index (χ4v) is 1.98. The number of nitrogens with one attached hydrogen (secondary N) is 1. The van der Waals surface area contributed by atoms with Gasteiger partial charge in [0.05, 0.1) is 6.61 Å². The summed E-state index contributed by atoms with van der Waals surface area (Å²) in [5.74, 6) is 0.0620. The molecular weight excluding hydrogens is 242 g/mol. The minimum atomic E-state index is -0.260. The van der Waals surface area contributed by atoms with Gasteiger partial charge in [-0.2, -0.15) is 0 Å². The van der Waals surface area contributed by atoms with Gasteiger partial charge in [0, 0.05) is 24.9 Å². The standard InChI is InChI=1S/C15H19NO3/c1-11(17)19-10-9-12-5-7-14(8-6-12)16-15(18)13-3-2-4-13/h5-8,13H,2-4,9-10H2,1H3,(H,16,18). The molecule has 1 aromatic carbocycles. The van der Waals surface area contributed by atoms with E-state index in [2.05, 4.69) is 5.32 Å². The summed E-state index contributed by atoms with van der Waals surface area (Å²) >= 11 is 0. The molecular formula is C15H19NO3. The third-order valence-corrected chi connectivity index (χ3v) is 3.39. The van der Waals surface area contributed by atoms with Crippen LogP contribution in [0.25, 0.3) is 0 Å².